The molecule has 1 atom stereocenters. The fraction of sp³-hybridized carbons (Fsp3) is 0.688. The summed E-state index contributed by atoms with van der Waals surface area (Å²) in [6, 6.07) is 4.07. The highest BCUT2D eigenvalue weighted by atomic mass is 16.5. The van der Waals surface area contributed by atoms with E-state index >= 15 is 0 Å². The van der Waals surface area contributed by atoms with Gasteiger partial charge >= 0.3 is 0 Å². The van der Waals surface area contributed by atoms with E-state index in [2.05, 4.69) is 22.9 Å². The van der Waals surface area contributed by atoms with Crippen molar-refractivity contribution in [3.63, 3.8) is 0 Å². The van der Waals surface area contributed by atoms with Gasteiger partial charge < -0.3 is 15.4 Å². The molecule has 1 fully saturated rings. The Morgan fingerprint density at radius 3 is 2.80 bits per heavy atom. The zero-order chi connectivity index (χ0) is 14.3. The predicted octanol–water partition coefficient (Wildman–Crippen LogP) is 2.15. The molecule has 4 nitrogen and oxygen atoms in total. The minimum absolute atomic E-state index is 0.275. The summed E-state index contributed by atoms with van der Waals surface area (Å²) in [5.41, 5.74) is 6.68. The fourth-order valence-corrected chi connectivity index (χ4v) is 3.02. The van der Waals surface area contributed by atoms with E-state index in [1.165, 1.54) is 25.9 Å². The third-order valence-corrected chi connectivity index (χ3v) is 4.29. The molecule has 1 aromatic rings. The Labute approximate surface area is 122 Å². The van der Waals surface area contributed by atoms with Gasteiger partial charge in [-0.15, -0.1) is 0 Å². The van der Waals surface area contributed by atoms with Crippen LogP contribution in [0.25, 0.3) is 0 Å². The Bertz CT molecular complexity index is 379. The van der Waals surface area contributed by atoms with Crippen LogP contribution in [0.4, 0.5) is 0 Å². The van der Waals surface area contributed by atoms with Crippen LogP contribution in [0.2, 0.25) is 0 Å². The normalized spacial score (nSPS) is 19.1. The van der Waals surface area contributed by atoms with Gasteiger partial charge in [-0.3, -0.25) is 4.98 Å². The Morgan fingerprint density at radius 1 is 1.40 bits per heavy atom. The molecule has 0 saturated carbocycles. The fourth-order valence-electron chi connectivity index (χ4n) is 3.02. The van der Waals surface area contributed by atoms with Crippen molar-refractivity contribution in [1.82, 2.24) is 9.88 Å². The van der Waals surface area contributed by atoms with Gasteiger partial charge in [-0.1, -0.05) is 13.0 Å². The Hall–Kier alpha value is -0.970. The van der Waals surface area contributed by atoms with Crippen LogP contribution in [0.15, 0.2) is 24.5 Å². The van der Waals surface area contributed by atoms with Crippen molar-refractivity contribution in [2.24, 2.45) is 5.73 Å². The molecule has 2 rings (SSSR count). The standard InChI is InChI=1S/C16H27N3O/c1-2-16(7-8-17,15-6-5-9-18-14-15)20-13-12-19-10-3-4-11-19/h5-6,9,14H,2-4,7-8,10-13,17H2,1H3. The van der Waals surface area contributed by atoms with Crippen LogP contribution in [0.3, 0.4) is 0 Å². The number of aromatic nitrogens is 1. The maximum absolute atomic E-state index is 6.31. The lowest BCUT2D eigenvalue weighted by molar-refractivity contribution is -0.0639. The Morgan fingerprint density at radius 2 is 2.20 bits per heavy atom. The van der Waals surface area contributed by atoms with E-state index in [-0.39, 0.29) is 5.60 Å². The summed E-state index contributed by atoms with van der Waals surface area (Å²) >= 11 is 0. The molecule has 0 radical (unpaired) electrons. The molecule has 0 amide bonds. The van der Waals surface area contributed by atoms with Gasteiger partial charge in [-0.2, -0.15) is 0 Å². The predicted molar refractivity (Wildman–Crippen MR) is 81.5 cm³/mol. The van der Waals surface area contributed by atoms with E-state index in [1.807, 2.05) is 12.3 Å². The Kier molecular flexibility index (Phi) is 5.95. The first kappa shape index (κ1) is 15.4. The second kappa shape index (κ2) is 7.72. The molecular formula is C16H27N3O. The number of nitrogens with zero attached hydrogens (tertiary/aromatic N) is 2. The molecule has 1 saturated heterocycles. The van der Waals surface area contributed by atoms with Gasteiger partial charge in [0.25, 0.3) is 0 Å². The third-order valence-electron chi connectivity index (χ3n) is 4.29. The van der Waals surface area contributed by atoms with E-state index in [9.17, 15) is 0 Å². The van der Waals surface area contributed by atoms with Crippen molar-refractivity contribution in [1.29, 1.82) is 0 Å². The number of ether oxygens (including phenoxy) is 1. The van der Waals surface area contributed by atoms with Crippen LogP contribution in [0, 0.1) is 0 Å². The van der Waals surface area contributed by atoms with E-state index in [4.69, 9.17) is 10.5 Å². The van der Waals surface area contributed by atoms with Gasteiger partial charge in [0.1, 0.15) is 0 Å². The molecule has 1 unspecified atom stereocenters. The molecule has 0 spiro atoms. The number of nitrogens with two attached hydrogens (primary N) is 1. The van der Waals surface area contributed by atoms with Crippen LogP contribution in [0.1, 0.15) is 38.2 Å². The maximum atomic E-state index is 6.31. The second-order valence-corrected chi connectivity index (χ2v) is 5.53. The largest absolute Gasteiger partial charge is 0.369 e. The zero-order valence-corrected chi connectivity index (χ0v) is 12.6. The van der Waals surface area contributed by atoms with Gasteiger partial charge in [0.15, 0.2) is 0 Å². The van der Waals surface area contributed by atoms with Crippen LogP contribution >= 0.6 is 0 Å². The van der Waals surface area contributed by atoms with Crippen molar-refractivity contribution in [3.05, 3.63) is 30.1 Å². The van der Waals surface area contributed by atoms with Crippen molar-refractivity contribution >= 4 is 0 Å². The van der Waals surface area contributed by atoms with Crippen LogP contribution in [0.5, 0.6) is 0 Å². The molecule has 1 aliphatic heterocycles. The number of pyridine rings is 1. The molecular weight excluding hydrogens is 250 g/mol. The van der Waals surface area contributed by atoms with Crippen LogP contribution in [-0.4, -0.2) is 42.7 Å². The van der Waals surface area contributed by atoms with Crippen LogP contribution < -0.4 is 5.73 Å². The van der Waals surface area contributed by atoms with Crippen LogP contribution in [-0.2, 0) is 10.3 Å². The molecule has 0 aromatic carbocycles. The van der Waals surface area contributed by atoms with Gasteiger partial charge in [0.05, 0.1) is 12.2 Å². The van der Waals surface area contributed by atoms with Crippen molar-refractivity contribution in [2.45, 2.75) is 38.2 Å². The lowest BCUT2D eigenvalue weighted by Crippen LogP contribution is -2.35. The Balaban J connectivity index is 1.98. The van der Waals surface area contributed by atoms with Gasteiger partial charge in [0, 0.05) is 24.5 Å². The highest BCUT2D eigenvalue weighted by Crippen LogP contribution is 2.32. The summed E-state index contributed by atoms with van der Waals surface area (Å²) in [5.74, 6) is 0. The zero-order valence-electron chi connectivity index (χ0n) is 12.6. The lowest BCUT2D eigenvalue weighted by Gasteiger charge is -2.33. The highest BCUT2D eigenvalue weighted by Gasteiger charge is 2.31. The first-order chi connectivity index (χ1) is 9.80. The lowest BCUT2D eigenvalue weighted by atomic mass is 9.88. The number of likely N-dealkylation sites (tertiary alicyclic amines) is 1. The average Bonchev–Trinajstić information content (AvgIpc) is 3.00. The molecule has 2 N–H and O–H groups in total. The molecule has 20 heavy (non-hydrogen) atoms. The number of hydrogen-bond donors (Lipinski definition) is 1. The van der Waals surface area contributed by atoms with E-state index in [0.29, 0.717) is 6.54 Å². The van der Waals surface area contributed by atoms with Crippen molar-refractivity contribution < 1.29 is 4.74 Å². The summed E-state index contributed by atoms with van der Waals surface area (Å²) in [6.07, 6.45) is 8.13. The molecule has 1 aromatic heterocycles. The van der Waals surface area contributed by atoms with Gasteiger partial charge in [-0.05, 0) is 51.4 Å². The van der Waals surface area contributed by atoms with E-state index < -0.39 is 0 Å². The quantitative estimate of drug-likeness (QED) is 0.791. The molecule has 4 heteroatoms. The smallest absolute Gasteiger partial charge is 0.0956 e. The van der Waals surface area contributed by atoms with Crippen molar-refractivity contribution in [2.75, 3.05) is 32.8 Å². The molecule has 1 aliphatic rings. The molecule has 0 aliphatic carbocycles. The molecule has 0 bridgehead atoms. The maximum Gasteiger partial charge on any atom is 0.0956 e. The molecule has 112 valence electrons. The van der Waals surface area contributed by atoms with E-state index in [0.717, 1.165) is 31.6 Å². The summed E-state index contributed by atoms with van der Waals surface area (Å²) in [7, 11) is 0. The summed E-state index contributed by atoms with van der Waals surface area (Å²) in [5, 5.41) is 0. The molecule has 2 heterocycles. The van der Waals surface area contributed by atoms with E-state index in [1.54, 1.807) is 6.20 Å². The third kappa shape index (κ3) is 3.78. The number of hydrogen-bond acceptors (Lipinski definition) is 4. The first-order valence-electron chi connectivity index (χ1n) is 7.77. The minimum atomic E-state index is -0.275. The average molecular weight is 277 g/mol. The van der Waals surface area contributed by atoms with Gasteiger partial charge in [-0.25, -0.2) is 0 Å². The summed E-state index contributed by atoms with van der Waals surface area (Å²) < 4.78 is 6.31. The SMILES string of the molecule is CCC(CCN)(OCCN1CCCC1)c1cccnc1. The van der Waals surface area contributed by atoms with Gasteiger partial charge in [0.2, 0.25) is 0 Å². The summed E-state index contributed by atoms with van der Waals surface area (Å²) in [6.45, 7) is 7.01. The first-order valence-corrected chi connectivity index (χ1v) is 7.77. The van der Waals surface area contributed by atoms with Crippen molar-refractivity contribution in [3.8, 4) is 0 Å². The monoisotopic (exact) mass is 277 g/mol. The second-order valence-electron chi connectivity index (χ2n) is 5.53. The highest BCUT2D eigenvalue weighted by molar-refractivity contribution is 5.18. The minimum Gasteiger partial charge on any atom is -0.369 e. The number of rotatable bonds is 8. The summed E-state index contributed by atoms with van der Waals surface area (Å²) in [4.78, 5) is 6.71. The topological polar surface area (TPSA) is 51.4 Å².